The second-order valence-corrected chi connectivity index (χ2v) is 5.28. The van der Waals surface area contributed by atoms with Gasteiger partial charge in [0, 0.05) is 24.5 Å². The summed E-state index contributed by atoms with van der Waals surface area (Å²) in [6.07, 6.45) is 3.46. The molecule has 0 unspecified atom stereocenters. The van der Waals surface area contributed by atoms with Crippen molar-refractivity contribution < 1.29 is 4.79 Å². The van der Waals surface area contributed by atoms with Crippen molar-refractivity contribution in [2.45, 2.75) is 20.4 Å². The summed E-state index contributed by atoms with van der Waals surface area (Å²) in [5.74, 6) is -0.203. The lowest BCUT2D eigenvalue weighted by Crippen LogP contribution is -2.38. The molecule has 0 bridgehead atoms. The molecule has 0 spiro atoms. The third-order valence-electron chi connectivity index (χ3n) is 2.89. The molecule has 1 aromatic carbocycles. The maximum Gasteiger partial charge on any atom is 0.257 e. The van der Waals surface area contributed by atoms with Crippen molar-refractivity contribution in [3.8, 4) is 0 Å². The standard InChI is InChI=1S/C16H17N3OS/c1-11-6-12(2)8-14(7-11)15(20)19-16(21)18-10-13-4-3-5-17-9-13/h3-9H,10H2,1-2H3,(H2,18,19,20,21). The van der Waals surface area contributed by atoms with Gasteiger partial charge in [-0.3, -0.25) is 15.1 Å². The van der Waals surface area contributed by atoms with Crippen LogP contribution in [0.2, 0.25) is 0 Å². The average molecular weight is 299 g/mol. The lowest BCUT2D eigenvalue weighted by Gasteiger charge is -2.10. The summed E-state index contributed by atoms with van der Waals surface area (Å²) in [4.78, 5) is 16.1. The lowest BCUT2D eigenvalue weighted by molar-refractivity contribution is 0.0976. The minimum Gasteiger partial charge on any atom is -0.358 e. The summed E-state index contributed by atoms with van der Waals surface area (Å²) < 4.78 is 0. The molecule has 4 nitrogen and oxygen atoms in total. The molecule has 0 saturated heterocycles. The maximum atomic E-state index is 12.1. The molecule has 1 heterocycles. The number of aromatic nitrogens is 1. The van der Waals surface area contributed by atoms with E-state index < -0.39 is 0 Å². The highest BCUT2D eigenvalue weighted by molar-refractivity contribution is 7.80. The molecule has 0 radical (unpaired) electrons. The van der Waals surface area contributed by atoms with Gasteiger partial charge in [-0.25, -0.2) is 0 Å². The van der Waals surface area contributed by atoms with Crippen LogP contribution in [0.4, 0.5) is 0 Å². The first kappa shape index (κ1) is 15.1. The van der Waals surface area contributed by atoms with Gasteiger partial charge in [0.25, 0.3) is 5.91 Å². The predicted molar refractivity (Wildman–Crippen MR) is 87.1 cm³/mol. The van der Waals surface area contributed by atoms with E-state index in [4.69, 9.17) is 12.2 Å². The van der Waals surface area contributed by atoms with Crippen molar-refractivity contribution in [1.29, 1.82) is 0 Å². The number of thiocarbonyl (C=S) groups is 1. The van der Waals surface area contributed by atoms with Crippen LogP contribution in [0.1, 0.15) is 27.0 Å². The largest absolute Gasteiger partial charge is 0.358 e. The number of nitrogens with one attached hydrogen (secondary N) is 2. The monoisotopic (exact) mass is 299 g/mol. The number of hydrogen-bond donors (Lipinski definition) is 2. The molecule has 0 aliphatic rings. The smallest absolute Gasteiger partial charge is 0.257 e. The number of carbonyl (C=O) groups excluding carboxylic acids is 1. The van der Waals surface area contributed by atoms with Crippen LogP contribution in [0, 0.1) is 13.8 Å². The van der Waals surface area contributed by atoms with E-state index in [1.165, 1.54) is 0 Å². The molecule has 21 heavy (non-hydrogen) atoms. The number of hydrogen-bond acceptors (Lipinski definition) is 3. The highest BCUT2D eigenvalue weighted by Gasteiger charge is 2.08. The molecule has 0 aliphatic carbocycles. The van der Waals surface area contributed by atoms with E-state index in [1.807, 2.05) is 44.2 Å². The number of rotatable bonds is 3. The van der Waals surface area contributed by atoms with Gasteiger partial charge in [0.2, 0.25) is 0 Å². The van der Waals surface area contributed by atoms with E-state index in [0.29, 0.717) is 17.2 Å². The van der Waals surface area contributed by atoms with Gasteiger partial charge in [0.1, 0.15) is 0 Å². The van der Waals surface area contributed by atoms with Crippen molar-refractivity contribution in [1.82, 2.24) is 15.6 Å². The van der Waals surface area contributed by atoms with Gasteiger partial charge < -0.3 is 5.32 Å². The summed E-state index contributed by atoms with van der Waals surface area (Å²) in [5.41, 5.74) is 3.71. The maximum absolute atomic E-state index is 12.1. The molecule has 1 aromatic heterocycles. The van der Waals surface area contributed by atoms with Crippen LogP contribution in [-0.4, -0.2) is 16.0 Å². The van der Waals surface area contributed by atoms with Crippen LogP contribution < -0.4 is 10.6 Å². The summed E-state index contributed by atoms with van der Waals surface area (Å²) in [5, 5.41) is 5.98. The molecule has 108 valence electrons. The zero-order valence-corrected chi connectivity index (χ0v) is 12.8. The van der Waals surface area contributed by atoms with E-state index in [9.17, 15) is 4.79 Å². The van der Waals surface area contributed by atoms with Crippen molar-refractivity contribution in [2.24, 2.45) is 0 Å². The summed E-state index contributed by atoms with van der Waals surface area (Å²) in [6, 6.07) is 9.50. The molecule has 0 aliphatic heterocycles. The van der Waals surface area contributed by atoms with E-state index in [0.717, 1.165) is 16.7 Å². The molecule has 0 saturated carbocycles. The van der Waals surface area contributed by atoms with Gasteiger partial charge in [0.05, 0.1) is 0 Å². The minimum atomic E-state index is -0.203. The summed E-state index contributed by atoms with van der Waals surface area (Å²) in [6.45, 7) is 4.45. The van der Waals surface area contributed by atoms with E-state index >= 15 is 0 Å². The zero-order valence-electron chi connectivity index (χ0n) is 12.0. The Kier molecular flexibility index (Phi) is 5.00. The summed E-state index contributed by atoms with van der Waals surface area (Å²) in [7, 11) is 0. The molecule has 0 fully saturated rings. The topological polar surface area (TPSA) is 54.0 Å². The number of pyridine rings is 1. The fourth-order valence-corrected chi connectivity index (χ4v) is 2.18. The predicted octanol–water partition coefficient (Wildman–Crippen LogP) is 2.50. The molecule has 1 amide bonds. The van der Waals surface area contributed by atoms with Crippen LogP contribution in [0.5, 0.6) is 0 Å². The van der Waals surface area contributed by atoms with Crippen LogP contribution in [-0.2, 0) is 6.54 Å². The Hall–Kier alpha value is -2.27. The third kappa shape index (κ3) is 4.65. The number of carbonyl (C=O) groups is 1. The van der Waals surface area contributed by atoms with Crippen LogP contribution in [0.25, 0.3) is 0 Å². The number of benzene rings is 1. The molecule has 5 heteroatoms. The molecule has 2 N–H and O–H groups in total. The quantitative estimate of drug-likeness (QED) is 0.855. The normalized spacial score (nSPS) is 10.0. The van der Waals surface area contributed by atoms with Gasteiger partial charge in [-0.15, -0.1) is 0 Å². The van der Waals surface area contributed by atoms with Gasteiger partial charge >= 0.3 is 0 Å². The Morgan fingerprint density at radius 3 is 2.57 bits per heavy atom. The Morgan fingerprint density at radius 2 is 1.95 bits per heavy atom. The Labute approximate surface area is 129 Å². The van der Waals surface area contributed by atoms with Gasteiger partial charge in [0.15, 0.2) is 5.11 Å². The van der Waals surface area contributed by atoms with Crippen molar-refractivity contribution in [3.63, 3.8) is 0 Å². The number of nitrogens with zero attached hydrogens (tertiary/aromatic N) is 1. The lowest BCUT2D eigenvalue weighted by atomic mass is 10.1. The van der Waals surface area contributed by atoms with E-state index in [1.54, 1.807) is 12.4 Å². The fourth-order valence-electron chi connectivity index (χ4n) is 2.01. The Morgan fingerprint density at radius 1 is 1.24 bits per heavy atom. The third-order valence-corrected chi connectivity index (χ3v) is 3.13. The van der Waals surface area contributed by atoms with Crippen LogP contribution in [0.3, 0.4) is 0 Å². The summed E-state index contributed by atoms with van der Waals surface area (Å²) >= 11 is 5.13. The Balaban J connectivity index is 1.91. The average Bonchev–Trinajstić information content (AvgIpc) is 2.45. The first-order valence-electron chi connectivity index (χ1n) is 6.61. The first-order chi connectivity index (χ1) is 10.0. The van der Waals surface area contributed by atoms with Gasteiger partial charge in [-0.05, 0) is 49.8 Å². The van der Waals surface area contributed by atoms with Crippen molar-refractivity contribution in [3.05, 3.63) is 65.0 Å². The van der Waals surface area contributed by atoms with E-state index in [2.05, 4.69) is 15.6 Å². The SMILES string of the molecule is Cc1cc(C)cc(C(=O)NC(=S)NCc2cccnc2)c1. The first-order valence-corrected chi connectivity index (χ1v) is 7.02. The van der Waals surface area contributed by atoms with Crippen molar-refractivity contribution >= 4 is 23.2 Å². The fraction of sp³-hybridized carbons (Fsp3) is 0.188. The van der Waals surface area contributed by atoms with Gasteiger partial charge in [-0.2, -0.15) is 0 Å². The highest BCUT2D eigenvalue weighted by Crippen LogP contribution is 2.08. The van der Waals surface area contributed by atoms with Gasteiger partial charge in [-0.1, -0.05) is 23.3 Å². The molecule has 2 rings (SSSR count). The second-order valence-electron chi connectivity index (χ2n) is 4.87. The zero-order chi connectivity index (χ0) is 15.2. The highest BCUT2D eigenvalue weighted by atomic mass is 32.1. The molecule has 0 atom stereocenters. The Bertz CT molecular complexity index is 636. The minimum absolute atomic E-state index is 0.203. The molecule has 2 aromatic rings. The van der Waals surface area contributed by atoms with E-state index in [-0.39, 0.29) is 5.91 Å². The molecular weight excluding hydrogens is 282 g/mol. The number of amides is 1. The second kappa shape index (κ2) is 6.95. The van der Waals surface area contributed by atoms with Crippen LogP contribution in [0.15, 0.2) is 42.7 Å². The van der Waals surface area contributed by atoms with Crippen LogP contribution >= 0.6 is 12.2 Å². The molecular formula is C16H17N3OS. The van der Waals surface area contributed by atoms with Crippen molar-refractivity contribution in [2.75, 3.05) is 0 Å². The number of aryl methyl sites for hydroxylation is 2.